The van der Waals surface area contributed by atoms with Crippen molar-refractivity contribution in [3.63, 3.8) is 0 Å². The number of rotatable bonds is 6. The van der Waals surface area contributed by atoms with Crippen molar-refractivity contribution >= 4 is 40.0 Å². The van der Waals surface area contributed by atoms with Gasteiger partial charge >= 0.3 is 15.5 Å². The second-order valence-electron chi connectivity index (χ2n) is 6.93. The Labute approximate surface area is 182 Å². The van der Waals surface area contributed by atoms with Crippen LogP contribution in [-0.2, 0) is 10.0 Å². The van der Waals surface area contributed by atoms with Crippen LogP contribution in [0.15, 0.2) is 4.99 Å². The van der Waals surface area contributed by atoms with Crippen molar-refractivity contribution in [3.8, 4) is 0 Å². The van der Waals surface area contributed by atoms with Gasteiger partial charge in [-0.3, -0.25) is 4.99 Å². The molecule has 2 aliphatic rings. The molecule has 0 aromatic rings. The highest BCUT2D eigenvalue weighted by atomic mass is 127. The second kappa shape index (κ2) is 11.7. The van der Waals surface area contributed by atoms with E-state index < -0.39 is 15.5 Å². The molecule has 0 bridgehead atoms. The van der Waals surface area contributed by atoms with E-state index in [4.69, 9.17) is 0 Å². The SMILES string of the molecule is CCNC(=NCCN1CCCCC1)NC1CCN(S(=O)(=O)C(F)(F)F)CC1.I. The van der Waals surface area contributed by atoms with Crippen LogP contribution in [0.2, 0.25) is 0 Å². The zero-order valence-electron chi connectivity index (χ0n) is 16.2. The van der Waals surface area contributed by atoms with Gasteiger partial charge in [-0.1, -0.05) is 6.42 Å². The topological polar surface area (TPSA) is 77.0 Å². The monoisotopic (exact) mass is 541 g/mol. The molecule has 0 atom stereocenters. The first kappa shape index (κ1) is 25.7. The first-order chi connectivity index (χ1) is 12.7. The minimum Gasteiger partial charge on any atom is -0.357 e. The highest BCUT2D eigenvalue weighted by Crippen LogP contribution is 2.28. The quantitative estimate of drug-likeness (QED) is 0.306. The van der Waals surface area contributed by atoms with Gasteiger partial charge in [0.1, 0.15) is 0 Å². The Hall–Kier alpha value is -0.340. The molecule has 0 spiro atoms. The largest absolute Gasteiger partial charge is 0.511 e. The van der Waals surface area contributed by atoms with E-state index in [1.807, 2.05) is 6.92 Å². The number of alkyl halides is 3. The molecule has 2 rings (SSSR count). The number of aliphatic imine (C=N–C) groups is 1. The van der Waals surface area contributed by atoms with Crippen molar-refractivity contribution in [2.45, 2.75) is 50.6 Å². The van der Waals surface area contributed by atoms with E-state index in [0.29, 0.717) is 36.2 Å². The summed E-state index contributed by atoms with van der Waals surface area (Å²) < 4.78 is 61.4. The van der Waals surface area contributed by atoms with Crippen molar-refractivity contribution in [2.24, 2.45) is 4.99 Å². The molecular weight excluding hydrogens is 510 g/mol. The van der Waals surface area contributed by atoms with Crippen LogP contribution in [0.25, 0.3) is 0 Å². The average Bonchev–Trinajstić information content (AvgIpc) is 2.62. The minimum atomic E-state index is -5.24. The van der Waals surface area contributed by atoms with E-state index in [9.17, 15) is 21.6 Å². The maximum atomic E-state index is 12.6. The number of likely N-dealkylation sites (tertiary alicyclic amines) is 1. The van der Waals surface area contributed by atoms with Gasteiger partial charge in [-0.25, -0.2) is 8.42 Å². The maximum Gasteiger partial charge on any atom is 0.511 e. The molecule has 0 amide bonds. The maximum absolute atomic E-state index is 12.6. The smallest absolute Gasteiger partial charge is 0.357 e. The van der Waals surface area contributed by atoms with Crippen LogP contribution < -0.4 is 10.6 Å². The minimum absolute atomic E-state index is 0. The Morgan fingerprint density at radius 3 is 2.25 bits per heavy atom. The fourth-order valence-electron chi connectivity index (χ4n) is 3.39. The van der Waals surface area contributed by atoms with Gasteiger partial charge < -0.3 is 15.5 Å². The lowest BCUT2D eigenvalue weighted by Crippen LogP contribution is -2.51. The molecule has 166 valence electrons. The molecular formula is C16H31F3IN5O2S. The van der Waals surface area contributed by atoms with Gasteiger partial charge in [0.2, 0.25) is 0 Å². The zero-order chi connectivity index (χ0) is 19.9. The van der Waals surface area contributed by atoms with Gasteiger partial charge in [0.15, 0.2) is 5.96 Å². The molecule has 12 heteroatoms. The number of nitrogens with one attached hydrogen (secondary N) is 2. The molecule has 7 nitrogen and oxygen atoms in total. The molecule has 0 radical (unpaired) electrons. The fourth-order valence-corrected chi connectivity index (χ4v) is 4.37. The number of hydrogen-bond acceptors (Lipinski definition) is 4. The molecule has 0 saturated carbocycles. The number of halogens is 4. The van der Waals surface area contributed by atoms with Crippen LogP contribution >= 0.6 is 24.0 Å². The lowest BCUT2D eigenvalue weighted by Gasteiger charge is -2.32. The molecule has 2 aliphatic heterocycles. The predicted molar refractivity (Wildman–Crippen MR) is 114 cm³/mol. The van der Waals surface area contributed by atoms with E-state index in [-0.39, 0.29) is 43.1 Å². The summed E-state index contributed by atoms with van der Waals surface area (Å²) in [7, 11) is -5.23. The Kier molecular flexibility index (Phi) is 10.8. The van der Waals surface area contributed by atoms with Crippen molar-refractivity contribution in [2.75, 3.05) is 45.8 Å². The summed E-state index contributed by atoms with van der Waals surface area (Å²) in [6.07, 6.45) is 4.35. The number of nitrogens with zero attached hydrogens (tertiary/aromatic N) is 3. The number of guanidine groups is 1. The molecule has 2 fully saturated rings. The molecule has 0 aliphatic carbocycles. The highest BCUT2D eigenvalue weighted by molar-refractivity contribution is 14.0. The fraction of sp³-hybridized carbons (Fsp3) is 0.938. The van der Waals surface area contributed by atoms with Crippen molar-refractivity contribution in [3.05, 3.63) is 0 Å². The van der Waals surface area contributed by atoms with Gasteiger partial charge in [0.25, 0.3) is 0 Å². The summed E-state index contributed by atoms with van der Waals surface area (Å²) in [6.45, 7) is 6.07. The number of sulfonamides is 1. The number of piperidine rings is 2. The molecule has 0 unspecified atom stereocenters. The van der Waals surface area contributed by atoms with E-state index in [1.54, 1.807) is 0 Å². The first-order valence-electron chi connectivity index (χ1n) is 9.57. The summed E-state index contributed by atoms with van der Waals surface area (Å²) in [6, 6.07) is -0.0996. The van der Waals surface area contributed by atoms with E-state index in [2.05, 4.69) is 20.5 Å². The lowest BCUT2D eigenvalue weighted by atomic mass is 10.1. The third-order valence-electron chi connectivity index (χ3n) is 4.91. The third-order valence-corrected chi connectivity index (χ3v) is 6.54. The highest BCUT2D eigenvalue weighted by Gasteiger charge is 2.50. The van der Waals surface area contributed by atoms with Gasteiger partial charge in [-0.05, 0) is 45.7 Å². The average molecular weight is 541 g/mol. The summed E-state index contributed by atoms with van der Waals surface area (Å²) in [4.78, 5) is 6.94. The van der Waals surface area contributed by atoms with Gasteiger partial charge in [-0.15, -0.1) is 24.0 Å². The van der Waals surface area contributed by atoms with Crippen LogP contribution in [0.5, 0.6) is 0 Å². The van der Waals surface area contributed by atoms with E-state index >= 15 is 0 Å². The first-order valence-corrected chi connectivity index (χ1v) is 11.0. The molecule has 2 saturated heterocycles. The standard InChI is InChI=1S/C16H30F3N5O2S.HI/c1-2-20-15(21-8-13-23-9-4-3-5-10-23)22-14-6-11-24(12-7-14)27(25,26)16(17,18)19;/h14H,2-13H2,1H3,(H2,20,21,22);1H. The zero-order valence-corrected chi connectivity index (χ0v) is 19.3. The molecule has 2 N–H and O–H groups in total. The van der Waals surface area contributed by atoms with Crippen LogP contribution in [0.4, 0.5) is 13.2 Å². The van der Waals surface area contributed by atoms with Gasteiger partial charge in [-0.2, -0.15) is 17.5 Å². The van der Waals surface area contributed by atoms with Crippen LogP contribution in [0, 0.1) is 0 Å². The summed E-state index contributed by atoms with van der Waals surface area (Å²) >= 11 is 0. The van der Waals surface area contributed by atoms with Crippen LogP contribution in [0.3, 0.4) is 0 Å². The Morgan fingerprint density at radius 2 is 1.71 bits per heavy atom. The predicted octanol–water partition coefficient (Wildman–Crippen LogP) is 1.96. The van der Waals surface area contributed by atoms with Gasteiger partial charge in [0, 0.05) is 32.2 Å². The summed E-state index contributed by atoms with van der Waals surface area (Å²) in [5.74, 6) is 0.631. The number of hydrogen-bond donors (Lipinski definition) is 2. The van der Waals surface area contributed by atoms with Crippen LogP contribution in [-0.4, -0.2) is 80.9 Å². The van der Waals surface area contributed by atoms with Crippen molar-refractivity contribution in [1.82, 2.24) is 19.8 Å². The molecule has 0 aromatic carbocycles. The summed E-state index contributed by atoms with van der Waals surface area (Å²) in [5.41, 5.74) is -5.24. The van der Waals surface area contributed by atoms with Crippen LogP contribution in [0.1, 0.15) is 39.0 Å². The normalized spacial score (nSPS) is 21.2. The Balaban J connectivity index is 0.00000392. The van der Waals surface area contributed by atoms with Crippen molar-refractivity contribution in [1.29, 1.82) is 0 Å². The lowest BCUT2D eigenvalue weighted by molar-refractivity contribution is -0.0494. The third kappa shape index (κ3) is 7.48. The van der Waals surface area contributed by atoms with E-state index in [0.717, 1.165) is 19.6 Å². The second-order valence-corrected chi connectivity index (χ2v) is 8.86. The van der Waals surface area contributed by atoms with E-state index in [1.165, 1.54) is 19.3 Å². The Bertz CT molecular complexity index is 590. The van der Waals surface area contributed by atoms with Crippen molar-refractivity contribution < 1.29 is 21.6 Å². The Morgan fingerprint density at radius 1 is 1.11 bits per heavy atom. The molecule has 2 heterocycles. The van der Waals surface area contributed by atoms with Gasteiger partial charge in [0.05, 0.1) is 6.54 Å². The molecule has 28 heavy (non-hydrogen) atoms. The summed E-state index contributed by atoms with van der Waals surface area (Å²) in [5, 5.41) is 6.36. The molecule has 0 aromatic heterocycles.